The quantitative estimate of drug-likeness (QED) is 0.164. The first-order valence-electron chi connectivity index (χ1n) is 11.4. The molecule has 0 fully saturated rings. The standard InChI is InChI=1S/C27H26FN3O8/c1-35-21-10-16(14-30-31-24(32)15-29-26(33)17-6-5-7-19(28)11-17)8-9-20(21)39-27(34)18-12-22(36-2)25(38-4)23(13-18)37-3/h5-14H,15H2,1-4H3,(H,29,33)(H,31,32). The summed E-state index contributed by atoms with van der Waals surface area (Å²) < 4.78 is 39.9. The van der Waals surface area contributed by atoms with E-state index in [9.17, 15) is 18.8 Å². The molecule has 12 heteroatoms. The number of hydrogen-bond donors (Lipinski definition) is 2. The Labute approximate surface area is 223 Å². The number of benzene rings is 3. The number of esters is 1. The highest BCUT2D eigenvalue weighted by Gasteiger charge is 2.19. The second kappa shape index (κ2) is 13.4. The van der Waals surface area contributed by atoms with Crippen molar-refractivity contribution in [1.82, 2.24) is 10.7 Å². The van der Waals surface area contributed by atoms with E-state index in [0.717, 1.165) is 6.07 Å². The van der Waals surface area contributed by atoms with Crippen LogP contribution >= 0.6 is 0 Å². The van der Waals surface area contributed by atoms with Crippen LogP contribution in [0.2, 0.25) is 0 Å². The number of amides is 2. The largest absolute Gasteiger partial charge is 0.493 e. The van der Waals surface area contributed by atoms with E-state index in [2.05, 4.69) is 15.8 Å². The molecule has 0 spiro atoms. The van der Waals surface area contributed by atoms with E-state index in [1.54, 1.807) is 12.1 Å². The van der Waals surface area contributed by atoms with Crippen LogP contribution in [0.5, 0.6) is 28.7 Å². The number of nitrogens with zero attached hydrogens (tertiary/aromatic N) is 1. The molecule has 2 amide bonds. The van der Waals surface area contributed by atoms with Gasteiger partial charge in [0.05, 0.1) is 46.8 Å². The normalized spacial score (nSPS) is 10.5. The Morgan fingerprint density at radius 2 is 1.51 bits per heavy atom. The first-order chi connectivity index (χ1) is 18.8. The van der Waals surface area contributed by atoms with Crippen molar-refractivity contribution in [2.24, 2.45) is 5.10 Å². The summed E-state index contributed by atoms with van der Waals surface area (Å²) >= 11 is 0. The van der Waals surface area contributed by atoms with Crippen molar-refractivity contribution in [2.75, 3.05) is 35.0 Å². The van der Waals surface area contributed by atoms with E-state index in [0.29, 0.717) is 11.3 Å². The maximum atomic E-state index is 13.2. The summed E-state index contributed by atoms with van der Waals surface area (Å²) in [4.78, 5) is 36.8. The van der Waals surface area contributed by atoms with Gasteiger partial charge in [-0.05, 0) is 54.1 Å². The second-order valence-corrected chi connectivity index (χ2v) is 7.70. The molecule has 0 aliphatic rings. The van der Waals surface area contributed by atoms with Gasteiger partial charge in [0.25, 0.3) is 11.8 Å². The molecule has 11 nitrogen and oxygen atoms in total. The maximum Gasteiger partial charge on any atom is 0.343 e. The van der Waals surface area contributed by atoms with Crippen molar-refractivity contribution in [2.45, 2.75) is 0 Å². The van der Waals surface area contributed by atoms with Gasteiger partial charge in [0.1, 0.15) is 5.82 Å². The molecule has 0 aromatic heterocycles. The second-order valence-electron chi connectivity index (χ2n) is 7.70. The number of hydrazone groups is 1. The fourth-order valence-corrected chi connectivity index (χ4v) is 3.32. The molecule has 204 valence electrons. The van der Waals surface area contributed by atoms with E-state index in [-0.39, 0.29) is 40.7 Å². The van der Waals surface area contributed by atoms with Gasteiger partial charge in [-0.15, -0.1) is 0 Å². The number of ether oxygens (including phenoxy) is 5. The Kier molecular flexibility index (Phi) is 9.79. The van der Waals surface area contributed by atoms with Crippen LogP contribution in [0.25, 0.3) is 0 Å². The van der Waals surface area contributed by atoms with Crippen molar-refractivity contribution >= 4 is 24.0 Å². The predicted molar refractivity (Wildman–Crippen MR) is 139 cm³/mol. The zero-order valence-electron chi connectivity index (χ0n) is 21.6. The van der Waals surface area contributed by atoms with Crippen LogP contribution in [0.15, 0.2) is 59.7 Å². The Hall–Kier alpha value is -5.13. The first kappa shape index (κ1) is 28.4. The van der Waals surface area contributed by atoms with E-state index < -0.39 is 23.6 Å². The molecule has 0 radical (unpaired) electrons. The van der Waals surface area contributed by atoms with Gasteiger partial charge in [0.15, 0.2) is 23.0 Å². The van der Waals surface area contributed by atoms with E-state index in [4.69, 9.17) is 23.7 Å². The van der Waals surface area contributed by atoms with Crippen LogP contribution < -0.4 is 34.4 Å². The van der Waals surface area contributed by atoms with E-state index in [1.807, 2.05) is 0 Å². The summed E-state index contributed by atoms with van der Waals surface area (Å²) in [5.41, 5.74) is 3.03. The first-order valence-corrected chi connectivity index (χ1v) is 11.4. The fourth-order valence-electron chi connectivity index (χ4n) is 3.32. The molecule has 3 rings (SSSR count). The Bertz CT molecular complexity index is 1370. The minimum absolute atomic E-state index is 0.0875. The van der Waals surface area contributed by atoms with Crippen molar-refractivity contribution in [3.8, 4) is 28.7 Å². The van der Waals surface area contributed by atoms with Crippen LogP contribution in [0.4, 0.5) is 4.39 Å². The molecule has 0 atom stereocenters. The number of nitrogens with one attached hydrogen (secondary N) is 2. The molecular weight excluding hydrogens is 513 g/mol. The summed E-state index contributed by atoms with van der Waals surface area (Å²) in [6, 6.07) is 12.6. The summed E-state index contributed by atoms with van der Waals surface area (Å²) in [5.74, 6) is -1.18. The third-order valence-electron chi connectivity index (χ3n) is 5.19. The van der Waals surface area contributed by atoms with Crippen LogP contribution in [-0.2, 0) is 4.79 Å². The van der Waals surface area contributed by atoms with Gasteiger partial charge in [-0.3, -0.25) is 9.59 Å². The van der Waals surface area contributed by atoms with Crippen molar-refractivity contribution in [3.63, 3.8) is 0 Å². The minimum atomic E-state index is -0.693. The van der Waals surface area contributed by atoms with Gasteiger partial charge in [0.2, 0.25) is 5.75 Å². The van der Waals surface area contributed by atoms with Gasteiger partial charge in [-0.1, -0.05) is 6.07 Å². The van der Waals surface area contributed by atoms with Crippen molar-refractivity contribution < 1.29 is 42.5 Å². The molecule has 0 aliphatic carbocycles. The highest BCUT2D eigenvalue weighted by molar-refractivity contribution is 5.96. The number of carbonyl (C=O) groups excluding carboxylic acids is 3. The molecule has 0 bridgehead atoms. The van der Waals surface area contributed by atoms with Gasteiger partial charge < -0.3 is 29.0 Å². The molecule has 0 heterocycles. The lowest BCUT2D eigenvalue weighted by molar-refractivity contribution is -0.120. The lowest BCUT2D eigenvalue weighted by Gasteiger charge is -2.14. The highest BCUT2D eigenvalue weighted by atomic mass is 19.1. The Morgan fingerprint density at radius 3 is 2.13 bits per heavy atom. The SMILES string of the molecule is COc1cc(C=NNC(=O)CNC(=O)c2cccc(F)c2)ccc1OC(=O)c1cc(OC)c(OC)c(OC)c1. The van der Waals surface area contributed by atoms with E-state index >= 15 is 0 Å². The van der Waals surface area contributed by atoms with E-state index in [1.165, 1.54) is 71.1 Å². The Morgan fingerprint density at radius 1 is 0.821 bits per heavy atom. The van der Waals surface area contributed by atoms with Crippen molar-refractivity contribution in [3.05, 3.63) is 77.1 Å². The summed E-state index contributed by atoms with van der Waals surface area (Å²) in [7, 11) is 5.71. The molecule has 3 aromatic rings. The summed E-state index contributed by atoms with van der Waals surface area (Å²) in [5, 5.41) is 6.21. The third-order valence-corrected chi connectivity index (χ3v) is 5.19. The topological polar surface area (TPSA) is 134 Å². The molecule has 0 aliphatic heterocycles. The van der Waals surface area contributed by atoms with Crippen LogP contribution in [0.1, 0.15) is 26.3 Å². The number of methoxy groups -OCH3 is 4. The molecule has 0 unspecified atom stereocenters. The molecular formula is C27H26FN3O8. The average Bonchev–Trinajstić information content (AvgIpc) is 2.95. The van der Waals surface area contributed by atoms with Crippen LogP contribution in [0.3, 0.4) is 0 Å². The zero-order valence-corrected chi connectivity index (χ0v) is 21.6. The van der Waals surface area contributed by atoms with Crippen LogP contribution in [-0.4, -0.2) is 59.0 Å². The molecule has 0 saturated carbocycles. The average molecular weight is 540 g/mol. The highest BCUT2D eigenvalue weighted by Crippen LogP contribution is 2.38. The van der Waals surface area contributed by atoms with Crippen LogP contribution in [0, 0.1) is 5.82 Å². The lowest BCUT2D eigenvalue weighted by Crippen LogP contribution is -2.34. The third kappa shape index (κ3) is 7.44. The number of carbonyl (C=O) groups is 3. The minimum Gasteiger partial charge on any atom is -0.493 e. The fraction of sp³-hybridized carbons (Fsp3) is 0.185. The zero-order chi connectivity index (χ0) is 28.4. The predicted octanol–water partition coefficient (Wildman–Crippen LogP) is 2.96. The molecule has 2 N–H and O–H groups in total. The molecule has 0 saturated heterocycles. The lowest BCUT2D eigenvalue weighted by atomic mass is 10.1. The monoisotopic (exact) mass is 539 g/mol. The van der Waals surface area contributed by atoms with Gasteiger partial charge in [0, 0.05) is 5.56 Å². The van der Waals surface area contributed by atoms with Crippen molar-refractivity contribution in [1.29, 1.82) is 0 Å². The van der Waals surface area contributed by atoms with Gasteiger partial charge in [-0.25, -0.2) is 14.6 Å². The number of rotatable bonds is 11. The smallest absolute Gasteiger partial charge is 0.343 e. The molecule has 39 heavy (non-hydrogen) atoms. The summed E-state index contributed by atoms with van der Waals surface area (Å²) in [6.07, 6.45) is 1.33. The number of halogens is 1. The van der Waals surface area contributed by atoms with Gasteiger partial charge in [-0.2, -0.15) is 5.10 Å². The Balaban J connectivity index is 1.62. The maximum absolute atomic E-state index is 13.2. The molecule has 3 aromatic carbocycles. The number of hydrogen-bond acceptors (Lipinski definition) is 9. The summed E-state index contributed by atoms with van der Waals surface area (Å²) in [6.45, 7) is -0.369. The van der Waals surface area contributed by atoms with Gasteiger partial charge >= 0.3 is 5.97 Å².